The number of hydrogen-bond donors (Lipinski definition) is 2. The van der Waals surface area contributed by atoms with Crippen LogP contribution in [0.2, 0.25) is 0 Å². The predicted octanol–water partition coefficient (Wildman–Crippen LogP) is 4.29. The Bertz CT molecular complexity index is 986. The fourth-order valence-electron chi connectivity index (χ4n) is 2.55. The van der Waals surface area contributed by atoms with E-state index in [0.717, 1.165) is 5.69 Å². The second-order valence-corrected chi connectivity index (χ2v) is 5.85. The van der Waals surface area contributed by atoms with Gasteiger partial charge in [-0.15, -0.1) is 0 Å². The van der Waals surface area contributed by atoms with Gasteiger partial charge in [-0.3, -0.25) is 9.59 Å². The van der Waals surface area contributed by atoms with Gasteiger partial charge in [0.2, 0.25) is 0 Å². The van der Waals surface area contributed by atoms with E-state index in [9.17, 15) is 9.59 Å². The molecule has 3 aromatic rings. The van der Waals surface area contributed by atoms with Gasteiger partial charge in [-0.2, -0.15) is 0 Å². The lowest BCUT2D eigenvalue weighted by atomic mass is 10.1. The summed E-state index contributed by atoms with van der Waals surface area (Å²) in [6.45, 7) is 1.49. The van der Waals surface area contributed by atoms with Crippen molar-refractivity contribution in [3.63, 3.8) is 0 Å². The van der Waals surface area contributed by atoms with Crippen LogP contribution < -0.4 is 15.4 Å². The van der Waals surface area contributed by atoms with E-state index >= 15 is 0 Å². The van der Waals surface area contributed by atoms with Crippen molar-refractivity contribution in [3.05, 3.63) is 78.0 Å². The molecule has 0 aliphatic rings. The third-order valence-corrected chi connectivity index (χ3v) is 3.92. The maximum absolute atomic E-state index is 12.5. The van der Waals surface area contributed by atoms with Crippen LogP contribution in [0.4, 0.5) is 17.2 Å². The molecule has 0 spiro atoms. The number of ether oxygens (including phenoxy) is 1. The maximum Gasteiger partial charge on any atom is 0.255 e. The van der Waals surface area contributed by atoms with E-state index < -0.39 is 0 Å². The molecule has 1 aromatic heterocycles. The molecule has 0 unspecified atom stereocenters. The van der Waals surface area contributed by atoms with Gasteiger partial charge in [0.25, 0.3) is 5.91 Å². The lowest BCUT2D eigenvalue weighted by molar-refractivity contribution is 0.101. The van der Waals surface area contributed by atoms with Gasteiger partial charge in [0, 0.05) is 23.0 Å². The Labute approximate surface area is 157 Å². The van der Waals surface area contributed by atoms with Crippen molar-refractivity contribution < 1.29 is 14.3 Å². The van der Waals surface area contributed by atoms with Crippen LogP contribution in [0, 0.1) is 0 Å². The van der Waals surface area contributed by atoms with Crippen LogP contribution in [0.5, 0.6) is 5.75 Å². The number of Topliss-reactive ketones (excluding diaryl/α,β-unsaturated/α-hetero) is 1. The Balaban J connectivity index is 1.78. The van der Waals surface area contributed by atoms with Gasteiger partial charge in [0.15, 0.2) is 5.78 Å². The van der Waals surface area contributed by atoms with Gasteiger partial charge >= 0.3 is 0 Å². The van der Waals surface area contributed by atoms with E-state index in [4.69, 9.17) is 4.74 Å². The molecule has 0 radical (unpaired) electrons. The Morgan fingerprint density at radius 1 is 0.963 bits per heavy atom. The minimum absolute atomic E-state index is 0.0571. The first-order chi connectivity index (χ1) is 13.1. The zero-order valence-corrected chi connectivity index (χ0v) is 15.0. The van der Waals surface area contributed by atoms with Crippen LogP contribution in [0.15, 0.2) is 66.9 Å². The number of carbonyl (C=O) groups is 2. The molecular weight excluding hydrogens is 342 g/mol. The van der Waals surface area contributed by atoms with Crippen molar-refractivity contribution >= 4 is 28.9 Å². The first-order valence-corrected chi connectivity index (χ1v) is 8.35. The van der Waals surface area contributed by atoms with Crippen molar-refractivity contribution in [2.75, 3.05) is 17.7 Å². The number of carbonyl (C=O) groups excluding carboxylic acids is 2. The third-order valence-electron chi connectivity index (χ3n) is 3.92. The van der Waals surface area contributed by atoms with Gasteiger partial charge in [-0.25, -0.2) is 4.98 Å². The fourth-order valence-corrected chi connectivity index (χ4v) is 2.55. The summed E-state index contributed by atoms with van der Waals surface area (Å²) in [7, 11) is 1.59. The molecule has 1 heterocycles. The van der Waals surface area contributed by atoms with E-state index in [-0.39, 0.29) is 11.7 Å². The fraction of sp³-hybridized carbons (Fsp3) is 0.0952. The van der Waals surface area contributed by atoms with Crippen molar-refractivity contribution in [2.24, 2.45) is 0 Å². The number of nitrogens with zero attached hydrogens (tertiary/aromatic N) is 1. The molecule has 27 heavy (non-hydrogen) atoms. The highest BCUT2D eigenvalue weighted by Gasteiger charge is 2.10. The van der Waals surface area contributed by atoms with Gasteiger partial charge in [0.1, 0.15) is 11.6 Å². The Kier molecular flexibility index (Phi) is 5.47. The molecule has 3 rings (SSSR count). The normalized spacial score (nSPS) is 10.1. The second kappa shape index (κ2) is 8.14. The molecule has 0 bridgehead atoms. The summed E-state index contributed by atoms with van der Waals surface area (Å²) in [5, 5.41) is 5.94. The molecular formula is C21H19N3O3. The number of para-hydroxylation sites is 2. The number of methoxy groups -OCH3 is 1. The van der Waals surface area contributed by atoms with E-state index in [1.54, 1.807) is 49.7 Å². The highest BCUT2D eigenvalue weighted by molar-refractivity contribution is 6.05. The number of pyridine rings is 1. The molecule has 2 N–H and O–H groups in total. The van der Waals surface area contributed by atoms with Crippen LogP contribution in [-0.4, -0.2) is 23.8 Å². The van der Waals surface area contributed by atoms with Gasteiger partial charge in [-0.1, -0.05) is 24.3 Å². The van der Waals surface area contributed by atoms with Gasteiger partial charge in [0.05, 0.1) is 12.8 Å². The van der Waals surface area contributed by atoms with Crippen LogP contribution in [0.25, 0.3) is 0 Å². The first-order valence-electron chi connectivity index (χ1n) is 8.35. The minimum Gasteiger partial charge on any atom is -0.495 e. The summed E-state index contributed by atoms with van der Waals surface area (Å²) in [6.07, 6.45) is 1.55. The van der Waals surface area contributed by atoms with Gasteiger partial charge < -0.3 is 15.4 Å². The van der Waals surface area contributed by atoms with Crippen LogP contribution in [-0.2, 0) is 0 Å². The maximum atomic E-state index is 12.5. The van der Waals surface area contributed by atoms with Gasteiger partial charge in [-0.05, 0) is 43.3 Å². The number of hydrogen-bond acceptors (Lipinski definition) is 5. The van der Waals surface area contributed by atoms with E-state index in [0.29, 0.717) is 28.4 Å². The molecule has 0 aliphatic carbocycles. The third kappa shape index (κ3) is 4.49. The predicted molar refractivity (Wildman–Crippen MR) is 105 cm³/mol. The number of benzene rings is 2. The standard InChI is InChI=1S/C21H19N3O3/c1-14(25)15-6-5-7-17(12-15)23-21(26)16-10-11-22-20(13-16)24-18-8-3-4-9-19(18)27-2/h3-13H,1-2H3,(H,22,24)(H,23,26). The average Bonchev–Trinajstić information content (AvgIpc) is 2.69. The Morgan fingerprint density at radius 3 is 2.56 bits per heavy atom. The minimum atomic E-state index is -0.291. The number of anilines is 3. The molecule has 0 saturated heterocycles. The highest BCUT2D eigenvalue weighted by Crippen LogP contribution is 2.26. The van der Waals surface area contributed by atoms with Crippen molar-refractivity contribution in [2.45, 2.75) is 6.92 Å². The lowest BCUT2D eigenvalue weighted by Gasteiger charge is -2.11. The molecule has 2 aromatic carbocycles. The van der Waals surface area contributed by atoms with Crippen molar-refractivity contribution in [1.29, 1.82) is 0 Å². The molecule has 0 saturated carbocycles. The number of amides is 1. The molecule has 0 fully saturated rings. The Hall–Kier alpha value is -3.67. The van der Waals surface area contributed by atoms with E-state index in [1.807, 2.05) is 24.3 Å². The average molecular weight is 361 g/mol. The summed E-state index contributed by atoms with van der Waals surface area (Å²) < 4.78 is 5.31. The summed E-state index contributed by atoms with van der Waals surface area (Å²) in [5.41, 5.74) is 2.29. The number of rotatable bonds is 6. The summed E-state index contributed by atoms with van der Waals surface area (Å²) >= 11 is 0. The van der Waals surface area contributed by atoms with Crippen LogP contribution in [0.1, 0.15) is 27.6 Å². The SMILES string of the molecule is COc1ccccc1Nc1cc(C(=O)Nc2cccc(C(C)=O)c2)ccn1. The quantitative estimate of drug-likeness (QED) is 0.640. The van der Waals surface area contributed by atoms with E-state index in [2.05, 4.69) is 15.6 Å². The molecule has 6 heteroatoms. The molecule has 0 atom stereocenters. The van der Waals surface area contributed by atoms with Crippen molar-refractivity contribution in [3.8, 4) is 5.75 Å². The van der Waals surface area contributed by atoms with E-state index in [1.165, 1.54) is 6.92 Å². The summed E-state index contributed by atoms with van der Waals surface area (Å²) in [4.78, 5) is 28.3. The molecule has 1 amide bonds. The zero-order chi connectivity index (χ0) is 19.2. The number of nitrogens with one attached hydrogen (secondary N) is 2. The van der Waals surface area contributed by atoms with Crippen LogP contribution in [0.3, 0.4) is 0 Å². The smallest absolute Gasteiger partial charge is 0.255 e. The van der Waals surface area contributed by atoms with Crippen molar-refractivity contribution in [1.82, 2.24) is 4.98 Å². The van der Waals surface area contributed by atoms with Crippen LogP contribution >= 0.6 is 0 Å². The summed E-state index contributed by atoms with van der Waals surface area (Å²) in [5.74, 6) is 0.847. The Morgan fingerprint density at radius 2 is 1.78 bits per heavy atom. The number of aromatic nitrogens is 1. The number of ketones is 1. The monoisotopic (exact) mass is 361 g/mol. The highest BCUT2D eigenvalue weighted by atomic mass is 16.5. The lowest BCUT2D eigenvalue weighted by Crippen LogP contribution is -2.13. The topological polar surface area (TPSA) is 80.3 Å². The second-order valence-electron chi connectivity index (χ2n) is 5.85. The summed E-state index contributed by atoms with van der Waals surface area (Å²) in [6, 6.07) is 17.5. The molecule has 136 valence electrons. The first kappa shape index (κ1) is 18.1. The molecule has 6 nitrogen and oxygen atoms in total. The zero-order valence-electron chi connectivity index (χ0n) is 15.0. The molecule has 0 aliphatic heterocycles. The largest absolute Gasteiger partial charge is 0.495 e.